The highest BCUT2D eigenvalue weighted by Gasteiger charge is 2.40. The Labute approximate surface area is 158 Å². The maximum Gasteiger partial charge on any atom is 0.211 e. The van der Waals surface area contributed by atoms with Crippen LogP contribution in [0.1, 0.15) is 50.0 Å². The molecule has 1 aliphatic heterocycles. The Morgan fingerprint density at radius 1 is 1.32 bits per heavy atom. The van der Waals surface area contributed by atoms with E-state index in [0.717, 1.165) is 48.3 Å². The van der Waals surface area contributed by atoms with E-state index in [2.05, 4.69) is 33.5 Å². The number of piperidine rings is 1. The molecular formula is C20H26BrN3O. The molecule has 2 fully saturated rings. The van der Waals surface area contributed by atoms with Gasteiger partial charge in [-0.3, -0.25) is 4.79 Å². The normalized spacial score (nSPS) is 27.0. The summed E-state index contributed by atoms with van der Waals surface area (Å²) in [6.45, 7) is 0.897. The maximum absolute atomic E-state index is 11.0. The highest BCUT2D eigenvalue weighted by molar-refractivity contribution is 9.09. The number of carbonyl (C=O) groups excluding carboxylic acids is 1. The van der Waals surface area contributed by atoms with Crippen LogP contribution in [-0.4, -0.2) is 29.2 Å². The number of hydrogen-bond acceptors (Lipinski definition) is 3. The summed E-state index contributed by atoms with van der Waals surface area (Å²) < 4.78 is 0. The SMILES string of the molecule is N#CN1CC2CCCCC2CC1C(CCBr)c1ccccc1NC=O. The molecule has 25 heavy (non-hydrogen) atoms. The summed E-state index contributed by atoms with van der Waals surface area (Å²) in [6, 6.07) is 8.24. The number of halogens is 1. The molecule has 0 radical (unpaired) electrons. The van der Waals surface area contributed by atoms with Crippen molar-refractivity contribution in [2.75, 3.05) is 17.2 Å². The number of anilines is 1. The molecule has 2 aliphatic rings. The zero-order chi connectivity index (χ0) is 17.6. The van der Waals surface area contributed by atoms with Gasteiger partial charge in [0.15, 0.2) is 6.19 Å². The second kappa shape index (κ2) is 8.71. The first-order chi connectivity index (χ1) is 12.3. The summed E-state index contributed by atoms with van der Waals surface area (Å²) in [5, 5.41) is 13.5. The Morgan fingerprint density at radius 2 is 2.08 bits per heavy atom. The van der Waals surface area contributed by atoms with E-state index in [1.165, 1.54) is 25.7 Å². The predicted molar refractivity (Wildman–Crippen MR) is 103 cm³/mol. The van der Waals surface area contributed by atoms with Crippen LogP contribution in [0.4, 0.5) is 5.69 Å². The standard InChI is InChI=1S/C20H26BrN3O/c21-10-9-18(17-7-3-4-8-19(17)23-14-25)20-11-15-5-1-2-6-16(15)12-24(20)13-22/h3-4,7-8,14-16,18,20H,1-2,5-6,9-12H2,(H,23,25). The van der Waals surface area contributed by atoms with Crippen LogP contribution in [0.2, 0.25) is 0 Å². The lowest BCUT2D eigenvalue weighted by Gasteiger charge is -2.46. The highest BCUT2D eigenvalue weighted by atomic mass is 79.9. The first-order valence-electron chi connectivity index (χ1n) is 9.30. The van der Waals surface area contributed by atoms with Gasteiger partial charge < -0.3 is 10.2 Å². The minimum Gasteiger partial charge on any atom is -0.328 e. The van der Waals surface area contributed by atoms with Gasteiger partial charge in [-0.15, -0.1) is 0 Å². The van der Waals surface area contributed by atoms with Crippen LogP contribution in [0, 0.1) is 23.3 Å². The fourth-order valence-corrected chi connectivity index (χ4v) is 5.34. The second-order valence-electron chi connectivity index (χ2n) is 7.29. The molecule has 134 valence electrons. The van der Waals surface area contributed by atoms with Gasteiger partial charge in [-0.1, -0.05) is 53.4 Å². The quantitative estimate of drug-likeness (QED) is 0.432. The van der Waals surface area contributed by atoms with Crippen molar-refractivity contribution in [2.24, 2.45) is 11.8 Å². The van der Waals surface area contributed by atoms with Crippen LogP contribution in [0.3, 0.4) is 0 Å². The number of carbonyl (C=O) groups is 1. The van der Waals surface area contributed by atoms with Crippen molar-refractivity contribution in [1.29, 1.82) is 5.26 Å². The number of alkyl halides is 1. The molecule has 5 heteroatoms. The Hall–Kier alpha value is -1.54. The summed E-state index contributed by atoms with van der Waals surface area (Å²) in [6.07, 6.45) is 10.5. The zero-order valence-electron chi connectivity index (χ0n) is 14.5. The topological polar surface area (TPSA) is 56.1 Å². The van der Waals surface area contributed by atoms with Crippen LogP contribution >= 0.6 is 15.9 Å². The van der Waals surface area contributed by atoms with Gasteiger partial charge in [0.25, 0.3) is 0 Å². The molecule has 1 aromatic rings. The van der Waals surface area contributed by atoms with Crippen molar-refractivity contribution in [3.63, 3.8) is 0 Å². The smallest absolute Gasteiger partial charge is 0.211 e. The molecule has 1 heterocycles. The lowest BCUT2D eigenvalue weighted by molar-refractivity contribution is -0.105. The third-order valence-electron chi connectivity index (χ3n) is 6.03. The average molecular weight is 404 g/mol. The van der Waals surface area contributed by atoms with E-state index in [1.807, 2.05) is 23.1 Å². The molecule has 1 amide bonds. The fourth-order valence-electron chi connectivity index (χ4n) is 4.85. The van der Waals surface area contributed by atoms with Crippen molar-refractivity contribution in [3.8, 4) is 6.19 Å². The molecule has 1 aromatic carbocycles. The first-order valence-corrected chi connectivity index (χ1v) is 10.4. The lowest BCUT2D eigenvalue weighted by atomic mass is 9.69. The molecule has 3 rings (SSSR count). The summed E-state index contributed by atoms with van der Waals surface area (Å²) in [7, 11) is 0. The first kappa shape index (κ1) is 18.3. The molecular weight excluding hydrogens is 378 g/mol. The van der Waals surface area contributed by atoms with Crippen molar-refractivity contribution in [1.82, 2.24) is 4.90 Å². The largest absolute Gasteiger partial charge is 0.328 e. The van der Waals surface area contributed by atoms with E-state index >= 15 is 0 Å². The van der Waals surface area contributed by atoms with E-state index in [0.29, 0.717) is 5.92 Å². The van der Waals surface area contributed by atoms with Gasteiger partial charge in [0.1, 0.15) is 0 Å². The minimum atomic E-state index is 0.219. The van der Waals surface area contributed by atoms with Gasteiger partial charge in [0, 0.05) is 29.5 Å². The fraction of sp³-hybridized carbons (Fsp3) is 0.600. The number of nitrogens with zero attached hydrogens (tertiary/aromatic N) is 2. The molecule has 1 N–H and O–H groups in total. The Balaban J connectivity index is 1.91. The van der Waals surface area contributed by atoms with Gasteiger partial charge in [0.2, 0.25) is 6.41 Å². The number of fused-ring (bicyclic) bond motifs is 1. The van der Waals surface area contributed by atoms with Crippen LogP contribution in [0.25, 0.3) is 0 Å². The summed E-state index contributed by atoms with van der Waals surface area (Å²) in [5.41, 5.74) is 2.01. The van der Waals surface area contributed by atoms with E-state index in [-0.39, 0.29) is 12.0 Å². The van der Waals surface area contributed by atoms with Gasteiger partial charge in [-0.05, 0) is 42.7 Å². The predicted octanol–water partition coefficient (Wildman–Crippen LogP) is 4.49. The molecule has 0 spiro atoms. The Kier molecular flexibility index (Phi) is 6.36. The molecule has 0 aromatic heterocycles. The van der Waals surface area contributed by atoms with Gasteiger partial charge in [-0.2, -0.15) is 5.26 Å². The van der Waals surface area contributed by atoms with Gasteiger partial charge >= 0.3 is 0 Å². The second-order valence-corrected chi connectivity index (χ2v) is 8.09. The highest BCUT2D eigenvalue weighted by Crippen LogP contribution is 2.44. The number of nitriles is 1. The van der Waals surface area contributed by atoms with Crippen molar-refractivity contribution in [3.05, 3.63) is 29.8 Å². The number of amides is 1. The molecule has 4 unspecified atom stereocenters. The van der Waals surface area contributed by atoms with E-state index in [9.17, 15) is 10.1 Å². The van der Waals surface area contributed by atoms with Gasteiger partial charge in [0.05, 0.1) is 0 Å². The van der Waals surface area contributed by atoms with E-state index < -0.39 is 0 Å². The van der Waals surface area contributed by atoms with E-state index in [4.69, 9.17) is 0 Å². The Morgan fingerprint density at radius 3 is 2.80 bits per heavy atom. The van der Waals surface area contributed by atoms with Crippen molar-refractivity contribution in [2.45, 2.75) is 50.5 Å². The number of hydrogen-bond donors (Lipinski definition) is 1. The maximum atomic E-state index is 11.0. The number of likely N-dealkylation sites (tertiary alicyclic amines) is 1. The third kappa shape index (κ3) is 4.00. The van der Waals surface area contributed by atoms with Crippen molar-refractivity contribution >= 4 is 28.0 Å². The number of nitrogens with one attached hydrogen (secondary N) is 1. The molecule has 0 bridgehead atoms. The summed E-state index contributed by atoms with van der Waals surface area (Å²) >= 11 is 3.60. The average Bonchev–Trinajstić information content (AvgIpc) is 2.66. The summed E-state index contributed by atoms with van der Waals surface area (Å²) in [4.78, 5) is 13.0. The summed E-state index contributed by atoms with van der Waals surface area (Å²) in [5.74, 6) is 1.66. The molecule has 1 aliphatic carbocycles. The minimum absolute atomic E-state index is 0.219. The van der Waals surface area contributed by atoms with Crippen LogP contribution in [0.15, 0.2) is 24.3 Å². The third-order valence-corrected chi connectivity index (χ3v) is 6.49. The molecule has 1 saturated carbocycles. The number of para-hydroxylation sites is 1. The van der Waals surface area contributed by atoms with E-state index in [1.54, 1.807) is 0 Å². The molecule has 4 atom stereocenters. The van der Waals surface area contributed by atoms with Crippen LogP contribution in [-0.2, 0) is 4.79 Å². The van der Waals surface area contributed by atoms with Crippen LogP contribution in [0.5, 0.6) is 0 Å². The zero-order valence-corrected chi connectivity index (χ0v) is 16.1. The molecule has 4 nitrogen and oxygen atoms in total. The number of rotatable bonds is 6. The van der Waals surface area contributed by atoms with Gasteiger partial charge in [-0.25, -0.2) is 0 Å². The Bertz CT molecular complexity index is 630. The lowest BCUT2D eigenvalue weighted by Crippen LogP contribution is -2.48. The number of benzene rings is 1. The van der Waals surface area contributed by atoms with Crippen molar-refractivity contribution < 1.29 is 4.79 Å². The monoisotopic (exact) mass is 403 g/mol. The molecule has 1 saturated heterocycles. The van der Waals surface area contributed by atoms with Crippen LogP contribution < -0.4 is 5.32 Å².